The molecule has 1 aromatic rings. The second kappa shape index (κ2) is 4.75. The molecule has 5 N–H and O–H groups in total. The Kier molecular flexibility index (Phi) is 3.33. The fraction of sp³-hybridized carbons (Fsp3) is 0.636. The van der Waals surface area contributed by atoms with Crippen LogP contribution in [0, 0.1) is 11.8 Å². The van der Waals surface area contributed by atoms with Crippen LogP contribution >= 0.6 is 0 Å². The molecular weight excluding hydrogens is 216 g/mol. The van der Waals surface area contributed by atoms with Gasteiger partial charge in [0.2, 0.25) is 5.95 Å². The molecule has 2 unspecified atom stereocenters. The number of hydrogen-bond donors (Lipinski definition) is 3. The van der Waals surface area contributed by atoms with Gasteiger partial charge in [0.25, 0.3) is 0 Å². The smallest absolute Gasteiger partial charge is 0.223 e. The SMILES string of the molecule is CC1CC(C)CN(c2cc(NN)nc(N)n2)C1. The molecule has 2 rings (SSSR count). The summed E-state index contributed by atoms with van der Waals surface area (Å²) in [6.45, 7) is 6.53. The van der Waals surface area contributed by atoms with Crippen molar-refractivity contribution in [3.8, 4) is 0 Å². The van der Waals surface area contributed by atoms with E-state index in [2.05, 4.69) is 34.1 Å². The van der Waals surface area contributed by atoms with Crippen LogP contribution in [0.1, 0.15) is 20.3 Å². The maximum atomic E-state index is 5.67. The van der Waals surface area contributed by atoms with E-state index in [1.807, 2.05) is 6.07 Å². The Balaban J connectivity index is 2.23. The second-order valence-corrected chi connectivity index (χ2v) is 4.96. The third-order valence-corrected chi connectivity index (χ3v) is 3.07. The van der Waals surface area contributed by atoms with Crippen molar-refractivity contribution in [2.24, 2.45) is 17.7 Å². The number of hydrazine groups is 1. The van der Waals surface area contributed by atoms with E-state index in [-0.39, 0.29) is 5.95 Å². The van der Waals surface area contributed by atoms with Crippen LogP contribution < -0.4 is 21.9 Å². The lowest BCUT2D eigenvalue weighted by Gasteiger charge is -2.35. The van der Waals surface area contributed by atoms with Crippen molar-refractivity contribution in [3.63, 3.8) is 0 Å². The van der Waals surface area contributed by atoms with Gasteiger partial charge in [0, 0.05) is 19.2 Å². The zero-order valence-electron chi connectivity index (χ0n) is 10.3. The van der Waals surface area contributed by atoms with Gasteiger partial charge in [-0.3, -0.25) is 0 Å². The fourth-order valence-corrected chi connectivity index (χ4v) is 2.54. The number of piperidine rings is 1. The molecule has 17 heavy (non-hydrogen) atoms. The number of rotatable bonds is 2. The predicted octanol–water partition coefficient (Wildman–Crippen LogP) is 0.827. The second-order valence-electron chi connectivity index (χ2n) is 4.96. The Bertz CT molecular complexity index is 384. The molecule has 94 valence electrons. The van der Waals surface area contributed by atoms with Gasteiger partial charge in [0.1, 0.15) is 11.6 Å². The van der Waals surface area contributed by atoms with Crippen molar-refractivity contribution in [2.75, 3.05) is 29.1 Å². The molecule has 6 heteroatoms. The molecule has 0 spiro atoms. The minimum absolute atomic E-state index is 0.251. The summed E-state index contributed by atoms with van der Waals surface area (Å²) in [5.74, 6) is 8.35. The van der Waals surface area contributed by atoms with Crippen LogP contribution in [-0.2, 0) is 0 Å². The lowest BCUT2D eigenvalue weighted by atomic mass is 9.92. The standard InChI is InChI=1S/C11H20N6/c1-7-3-8(2)6-17(5-7)10-4-9(16-13)14-11(12)15-10/h4,7-8H,3,5-6,13H2,1-2H3,(H3,12,14,15,16). The van der Waals surface area contributed by atoms with Crippen molar-refractivity contribution >= 4 is 17.6 Å². The predicted molar refractivity (Wildman–Crippen MR) is 69.4 cm³/mol. The summed E-state index contributed by atoms with van der Waals surface area (Å²) in [7, 11) is 0. The highest BCUT2D eigenvalue weighted by Gasteiger charge is 2.23. The summed E-state index contributed by atoms with van der Waals surface area (Å²) in [5, 5.41) is 0. The Morgan fingerprint density at radius 1 is 1.29 bits per heavy atom. The maximum Gasteiger partial charge on any atom is 0.223 e. The zero-order valence-corrected chi connectivity index (χ0v) is 10.3. The van der Waals surface area contributed by atoms with Gasteiger partial charge in [0.05, 0.1) is 0 Å². The van der Waals surface area contributed by atoms with E-state index < -0.39 is 0 Å². The van der Waals surface area contributed by atoms with Gasteiger partial charge in [-0.25, -0.2) is 5.84 Å². The first-order valence-electron chi connectivity index (χ1n) is 5.94. The number of nitrogens with one attached hydrogen (secondary N) is 1. The van der Waals surface area contributed by atoms with Gasteiger partial charge in [-0.05, 0) is 18.3 Å². The Morgan fingerprint density at radius 3 is 2.53 bits per heavy atom. The zero-order chi connectivity index (χ0) is 12.4. The van der Waals surface area contributed by atoms with Crippen LogP contribution in [0.4, 0.5) is 17.6 Å². The van der Waals surface area contributed by atoms with Gasteiger partial charge in [-0.15, -0.1) is 0 Å². The molecule has 0 aliphatic carbocycles. The number of aromatic nitrogens is 2. The Labute approximate surface area is 101 Å². The molecule has 0 amide bonds. The highest BCUT2D eigenvalue weighted by molar-refractivity contribution is 5.52. The third kappa shape index (κ3) is 2.76. The van der Waals surface area contributed by atoms with Crippen molar-refractivity contribution in [1.29, 1.82) is 0 Å². The molecular formula is C11H20N6. The molecule has 1 aliphatic heterocycles. The van der Waals surface area contributed by atoms with Gasteiger partial charge in [-0.2, -0.15) is 9.97 Å². The molecule has 0 bridgehead atoms. The molecule has 1 fully saturated rings. The van der Waals surface area contributed by atoms with Crippen LogP contribution in [0.5, 0.6) is 0 Å². The van der Waals surface area contributed by atoms with Crippen LogP contribution in [0.2, 0.25) is 0 Å². The largest absolute Gasteiger partial charge is 0.368 e. The normalized spacial score (nSPS) is 24.8. The minimum Gasteiger partial charge on any atom is -0.368 e. The number of nitrogen functional groups attached to an aromatic ring is 2. The lowest BCUT2D eigenvalue weighted by Crippen LogP contribution is -2.39. The number of anilines is 3. The summed E-state index contributed by atoms with van der Waals surface area (Å²) in [6, 6.07) is 1.83. The van der Waals surface area contributed by atoms with E-state index in [0.29, 0.717) is 17.7 Å². The van der Waals surface area contributed by atoms with Crippen LogP contribution in [0.15, 0.2) is 6.07 Å². The topological polar surface area (TPSA) is 93.1 Å². The number of hydrogen-bond acceptors (Lipinski definition) is 6. The number of nitrogens with two attached hydrogens (primary N) is 2. The van der Waals surface area contributed by atoms with Crippen LogP contribution in [0.3, 0.4) is 0 Å². The molecule has 0 aromatic carbocycles. The fourth-order valence-electron chi connectivity index (χ4n) is 2.54. The molecule has 6 nitrogen and oxygen atoms in total. The van der Waals surface area contributed by atoms with Crippen LogP contribution in [0.25, 0.3) is 0 Å². The summed E-state index contributed by atoms with van der Waals surface area (Å²) in [6.07, 6.45) is 1.26. The quantitative estimate of drug-likeness (QED) is 0.520. The van der Waals surface area contributed by atoms with Crippen molar-refractivity contribution in [3.05, 3.63) is 6.07 Å². The minimum atomic E-state index is 0.251. The van der Waals surface area contributed by atoms with Crippen molar-refractivity contribution in [1.82, 2.24) is 9.97 Å². The van der Waals surface area contributed by atoms with Gasteiger partial charge < -0.3 is 16.1 Å². The summed E-state index contributed by atoms with van der Waals surface area (Å²) >= 11 is 0. The highest BCUT2D eigenvalue weighted by Crippen LogP contribution is 2.26. The number of nitrogens with zero attached hydrogens (tertiary/aromatic N) is 3. The molecule has 2 atom stereocenters. The first kappa shape index (κ1) is 11.9. The Morgan fingerprint density at radius 2 is 1.94 bits per heavy atom. The van der Waals surface area contributed by atoms with Gasteiger partial charge in [0.15, 0.2) is 0 Å². The van der Waals surface area contributed by atoms with E-state index in [4.69, 9.17) is 11.6 Å². The Hall–Kier alpha value is -1.56. The molecule has 2 heterocycles. The van der Waals surface area contributed by atoms with Crippen molar-refractivity contribution in [2.45, 2.75) is 20.3 Å². The first-order valence-corrected chi connectivity index (χ1v) is 5.94. The van der Waals surface area contributed by atoms with E-state index in [0.717, 1.165) is 18.9 Å². The third-order valence-electron chi connectivity index (χ3n) is 3.07. The maximum absolute atomic E-state index is 5.67. The highest BCUT2D eigenvalue weighted by atomic mass is 15.3. The summed E-state index contributed by atoms with van der Waals surface area (Å²) in [4.78, 5) is 10.5. The van der Waals surface area contributed by atoms with Gasteiger partial charge >= 0.3 is 0 Å². The molecule has 1 saturated heterocycles. The molecule has 1 aliphatic rings. The summed E-state index contributed by atoms with van der Waals surface area (Å²) in [5.41, 5.74) is 8.18. The molecule has 0 saturated carbocycles. The average Bonchev–Trinajstić information content (AvgIpc) is 2.26. The molecule has 0 radical (unpaired) electrons. The van der Waals surface area contributed by atoms with E-state index in [1.54, 1.807) is 0 Å². The van der Waals surface area contributed by atoms with Gasteiger partial charge in [-0.1, -0.05) is 13.8 Å². The summed E-state index contributed by atoms with van der Waals surface area (Å²) < 4.78 is 0. The van der Waals surface area contributed by atoms with E-state index in [1.165, 1.54) is 6.42 Å². The van der Waals surface area contributed by atoms with E-state index in [9.17, 15) is 0 Å². The van der Waals surface area contributed by atoms with Crippen molar-refractivity contribution < 1.29 is 0 Å². The van der Waals surface area contributed by atoms with E-state index >= 15 is 0 Å². The van der Waals surface area contributed by atoms with Crippen LogP contribution in [-0.4, -0.2) is 23.1 Å². The lowest BCUT2D eigenvalue weighted by molar-refractivity contribution is 0.355. The molecule has 1 aromatic heterocycles. The average molecular weight is 236 g/mol. The monoisotopic (exact) mass is 236 g/mol. The first-order chi connectivity index (χ1) is 8.08.